The molecule has 0 spiro atoms. The Kier molecular flexibility index (Phi) is 8.31. The standard InChI is InChI=1S/C27H32Cl2N4O2.CH2O2/c1-16-8-21(9-16)32-7-3-4-18(13-32)19-14-33(15-19)26-11-25(23-12-30-35-27(23)31-26)34-17(2)22-6-5-20(28)10-24(22)29;2-1-3/h5-6,10-12,16-19,21H,3-4,7-9,13-15H2,1-2H3;1H,(H,2,3)/t16?,17-,18?,21?;/m1./s1. The summed E-state index contributed by atoms with van der Waals surface area (Å²) in [4.78, 5) is 18.2. The first kappa shape index (κ1) is 27.0. The summed E-state index contributed by atoms with van der Waals surface area (Å²) in [5.74, 6) is 4.00. The van der Waals surface area contributed by atoms with Gasteiger partial charge in [0.15, 0.2) is 0 Å². The van der Waals surface area contributed by atoms with E-state index >= 15 is 0 Å². The predicted molar refractivity (Wildman–Crippen MR) is 148 cm³/mol. The van der Waals surface area contributed by atoms with Gasteiger partial charge in [0.05, 0.1) is 6.20 Å². The Morgan fingerprint density at radius 1 is 1.18 bits per heavy atom. The fraction of sp³-hybridized carbons (Fsp3) is 0.536. The van der Waals surface area contributed by atoms with Crippen molar-refractivity contribution >= 4 is 46.6 Å². The molecule has 0 amide bonds. The Labute approximate surface area is 232 Å². The molecule has 2 atom stereocenters. The number of fused-ring (bicyclic) bond motifs is 1. The average molecular weight is 562 g/mol. The molecule has 2 saturated heterocycles. The van der Waals surface area contributed by atoms with Gasteiger partial charge in [-0.2, -0.15) is 4.98 Å². The Morgan fingerprint density at radius 2 is 1.95 bits per heavy atom. The molecule has 6 rings (SSSR count). The smallest absolute Gasteiger partial charge is 0.290 e. The highest BCUT2D eigenvalue weighted by Gasteiger charge is 2.40. The first-order valence-corrected chi connectivity index (χ1v) is 14.1. The van der Waals surface area contributed by atoms with E-state index in [1.54, 1.807) is 12.3 Å². The van der Waals surface area contributed by atoms with E-state index in [0.717, 1.165) is 53.7 Å². The van der Waals surface area contributed by atoms with Gasteiger partial charge in [0.25, 0.3) is 12.2 Å². The van der Waals surface area contributed by atoms with E-state index in [4.69, 9.17) is 47.3 Å². The van der Waals surface area contributed by atoms with Crippen molar-refractivity contribution in [2.45, 2.75) is 51.7 Å². The number of nitrogens with zero attached hydrogens (tertiary/aromatic N) is 4. The molecular weight excluding hydrogens is 527 g/mol. The molecule has 1 aliphatic carbocycles. The fourth-order valence-electron chi connectivity index (χ4n) is 6.07. The highest BCUT2D eigenvalue weighted by atomic mass is 35.5. The van der Waals surface area contributed by atoms with Crippen LogP contribution in [-0.2, 0) is 4.79 Å². The Balaban J connectivity index is 0.000000937. The van der Waals surface area contributed by atoms with Gasteiger partial charge in [-0.15, -0.1) is 0 Å². The first-order valence-electron chi connectivity index (χ1n) is 13.3. The van der Waals surface area contributed by atoms with Gasteiger partial charge in [0.1, 0.15) is 23.1 Å². The number of anilines is 1. The maximum absolute atomic E-state index is 8.36. The number of likely N-dealkylation sites (tertiary alicyclic amines) is 1. The number of halogens is 2. The fourth-order valence-corrected chi connectivity index (χ4v) is 6.63. The predicted octanol–water partition coefficient (Wildman–Crippen LogP) is 6.32. The lowest BCUT2D eigenvalue weighted by Crippen LogP contribution is -2.56. The lowest BCUT2D eigenvalue weighted by molar-refractivity contribution is -0.122. The number of carbonyl (C=O) groups is 1. The van der Waals surface area contributed by atoms with Crippen LogP contribution in [0, 0.1) is 17.8 Å². The van der Waals surface area contributed by atoms with Gasteiger partial charge in [-0.25, -0.2) is 0 Å². The molecular formula is C28H34Cl2N4O4. The first-order chi connectivity index (χ1) is 18.4. The number of pyridine rings is 1. The summed E-state index contributed by atoms with van der Waals surface area (Å²) in [6, 6.07) is 8.31. The summed E-state index contributed by atoms with van der Waals surface area (Å²) < 4.78 is 11.8. The molecule has 1 saturated carbocycles. The van der Waals surface area contributed by atoms with E-state index in [1.165, 1.54) is 38.8 Å². The summed E-state index contributed by atoms with van der Waals surface area (Å²) in [5, 5.41) is 12.8. The van der Waals surface area contributed by atoms with E-state index in [9.17, 15) is 0 Å². The molecule has 0 radical (unpaired) electrons. The summed E-state index contributed by atoms with van der Waals surface area (Å²) in [6.45, 7) is 8.71. The second-order valence-electron chi connectivity index (χ2n) is 10.8. The van der Waals surface area contributed by atoms with Gasteiger partial charge in [-0.1, -0.05) is 41.3 Å². The minimum Gasteiger partial charge on any atom is -0.485 e. The lowest BCUT2D eigenvalue weighted by atomic mass is 9.76. The Morgan fingerprint density at radius 3 is 2.66 bits per heavy atom. The molecule has 2 aliphatic heterocycles. The molecule has 1 unspecified atom stereocenters. The molecule has 3 aromatic rings. The topological polar surface area (TPSA) is 91.9 Å². The molecule has 204 valence electrons. The third-order valence-corrected chi connectivity index (χ3v) is 8.81. The van der Waals surface area contributed by atoms with E-state index in [-0.39, 0.29) is 12.6 Å². The van der Waals surface area contributed by atoms with E-state index in [0.29, 0.717) is 21.5 Å². The van der Waals surface area contributed by atoms with Crippen LogP contribution in [0.25, 0.3) is 11.1 Å². The van der Waals surface area contributed by atoms with Gasteiger partial charge in [-0.05, 0) is 69.0 Å². The van der Waals surface area contributed by atoms with Gasteiger partial charge in [0, 0.05) is 47.4 Å². The third kappa shape index (κ3) is 5.72. The SMILES string of the molecule is CC1CC(N2CCCC(C3CN(c4cc(O[C@H](C)c5ccc(Cl)cc5Cl)c5cnoc5n4)C3)C2)C1.O=CO. The summed E-state index contributed by atoms with van der Waals surface area (Å²) >= 11 is 12.5. The van der Waals surface area contributed by atoms with Crippen molar-refractivity contribution in [2.24, 2.45) is 17.8 Å². The maximum Gasteiger partial charge on any atom is 0.290 e. The number of piperidine rings is 1. The molecule has 10 heteroatoms. The van der Waals surface area contributed by atoms with Crippen LogP contribution in [0.4, 0.5) is 5.82 Å². The van der Waals surface area contributed by atoms with Crippen molar-refractivity contribution in [3.63, 3.8) is 0 Å². The molecule has 1 aromatic carbocycles. The molecule has 3 aliphatic rings. The normalized spacial score (nSPS) is 24.6. The van der Waals surface area contributed by atoms with Crippen LogP contribution in [0.3, 0.4) is 0 Å². The van der Waals surface area contributed by atoms with Crippen molar-refractivity contribution in [3.05, 3.63) is 46.1 Å². The number of carboxylic acid groups (broad SMARTS) is 1. The second kappa shape index (κ2) is 11.7. The molecule has 3 fully saturated rings. The van der Waals surface area contributed by atoms with Crippen molar-refractivity contribution in [2.75, 3.05) is 31.1 Å². The highest BCUT2D eigenvalue weighted by molar-refractivity contribution is 6.35. The molecule has 38 heavy (non-hydrogen) atoms. The number of hydrogen-bond donors (Lipinski definition) is 1. The minimum atomic E-state index is -0.264. The number of hydrogen-bond acceptors (Lipinski definition) is 7. The Hall–Kier alpha value is -2.55. The quantitative estimate of drug-likeness (QED) is 0.350. The summed E-state index contributed by atoms with van der Waals surface area (Å²) in [7, 11) is 0. The van der Waals surface area contributed by atoms with Crippen LogP contribution in [-0.4, -0.2) is 58.8 Å². The summed E-state index contributed by atoms with van der Waals surface area (Å²) in [5.41, 5.74) is 1.38. The molecule has 2 aromatic heterocycles. The second-order valence-corrected chi connectivity index (χ2v) is 11.7. The van der Waals surface area contributed by atoms with Crippen LogP contribution < -0.4 is 9.64 Å². The lowest BCUT2D eigenvalue weighted by Gasteiger charge is -2.50. The van der Waals surface area contributed by atoms with Crippen LogP contribution in [0.15, 0.2) is 35.0 Å². The van der Waals surface area contributed by atoms with E-state index in [1.807, 2.05) is 25.1 Å². The molecule has 1 N–H and O–H groups in total. The Bertz CT molecular complexity index is 1260. The average Bonchev–Trinajstić information content (AvgIpc) is 3.31. The van der Waals surface area contributed by atoms with Crippen LogP contribution in [0.1, 0.15) is 51.2 Å². The van der Waals surface area contributed by atoms with Gasteiger partial charge in [-0.3, -0.25) is 4.79 Å². The van der Waals surface area contributed by atoms with Crippen molar-refractivity contribution in [1.82, 2.24) is 15.0 Å². The van der Waals surface area contributed by atoms with Gasteiger partial charge >= 0.3 is 0 Å². The van der Waals surface area contributed by atoms with Crippen molar-refractivity contribution in [1.29, 1.82) is 0 Å². The summed E-state index contributed by atoms with van der Waals surface area (Å²) in [6.07, 6.45) is 6.84. The molecule has 0 bridgehead atoms. The van der Waals surface area contributed by atoms with E-state index < -0.39 is 0 Å². The zero-order chi connectivity index (χ0) is 26.8. The van der Waals surface area contributed by atoms with Crippen molar-refractivity contribution in [3.8, 4) is 5.75 Å². The monoisotopic (exact) mass is 560 g/mol. The zero-order valence-corrected chi connectivity index (χ0v) is 23.2. The highest BCUT2D eigenvalue weighted by Crippen LogP contribution is 2.40. The minimum absolute atomic E-state index is 0.250. The van der Waals surface area contributed by atoms with Crippen LogP contribution >= 0.6 is 23.2 Å². The van der Waals surface area contributed by atoms with Gasteiger partial charge in [0.2, 0.25) is 0 Å². The van der Waals surface area contributed by atoms with Crippen LogP contribution in [0.2, 0.25) is 10.0 Å². The largest absolute Gasteiger partial charge is 0.485 e. The maximum atomic E-state index is 8.36. The van der Waals surface area contributed by atoms with Crippen molar-refractivity contribution < 1.29 is 19.2 Å². The third-order valence-electron chi connectivity index (χ3n) is 8.25. The number of ether oxygens (including phenoxy) is 1. The molecule has 4 heterocycles. The molecule has 8 nitrogen and oxygen atoms in total. The zero-order valence-electron chi connectivity index (χ0n) is 21.7. The number of aromatic nitrogens is 2. The number of rotatable bonds is 6. The van der Waals surface area contributed by atoms with Crippen LogP contribution in [0.5, 0.6) is 5.75 Å². The number of benzene rings is 1. The van der Waals surface area contributed by atoms with Gasteiger partial charge < -0.3 is 24.2 Å². The van der Waals surface area contributed by atoms with E-state index in [2.05, 4.69) is 21.9 Å².